The summed E-state index contributed by atoms with van der Waals surface area (Å²) in [7, 11) is 0. The van der Waals surface area contributed by atoms with Gasteiger partial charge in [-0.2, -0.15) is 18.4 Å². The van der Waals surface area contributed by atoms with Gasteiger partial charge in [0.1, 0.15) is 0 Å². The van der Waals surface area contributed by atoms with Crippen LogP contribution in [0.1, 0.15) is 11.1 Å². The molecule has 3 N–H and O–H groups in total. The fraction of sp³-hybridized carbons (Fsp3) is 0.200. The van der Waals surface area contributed by atoms with Crippen molar-refractivity contribution in [1.29, 1.82) is 5.26 Å². The monoisotopic (exact) mass is 242 g/mol. The number of rotatable bonds is 2. The minimum Gasteiger partial charge on any atom is -0.369 e. The molecule has 7 heteroatoms. The zero-order valence-electron chi connectivity index (χ0n) is 8.62. The molecule has 1 aromatic carbocycles. The number of guanidine groups is 1. The molecule has 0 aliphatic rings. The van der Waals surface area contributed by atoms with Crippen LogP contribution >= 0.6 is 0 Å². The van der Waals surface area contributed by atoms with Gasteiger partial charge < -0.3 is 5.73 Å². The third kappa shape index (κ3) is 4.03. The van der Waals surface area contributed by atoms with Crippen LogP contribution in [0.2, 0.25) is 0 Å². The Bertz CT molecular complexity index is 442. The molecule has 0 saturated carbocycles. The van der Waals surface area contributed by atoms with E-state index >= 15 is 0 Å². The first-order valence-electron chi connectivity index (χ1n) is 4.54. The summed E-state index contributed by atoms with van der Waals surface area (Å²) in [5.41, 5.74) is 5.12. The summed E-state index contributed by atoms with van der Waals surface area (Å²) in [6.45, 7) is 0.110. The van der Waals surface area contributed by atoms with Gasteiger partial charge in [0.15, 0.2) is 6.19 Å². The van der Waals surface area contributed by atoms with E-state index in [0.29, 0.717) is 5.56 Å². The first kappa shape index (κ1) is 12.8. The van der Waals surface area contributed by atoms with E-state index in [2.05, 4.69) is 10.3 Å². The molecule has 0 bridgehead atoms. The van der Waals surface area contributed by atoms with Crippen molar-refractivity contribution in [3.05, 3.63) is 35.4 Å². The molecule has 1 rings (SSSR count). The highest BCUT2D eigenvalue weighted by Gasteiger charge is 2.29. The molecule has 4 nitrogen and oxygen atoms in total. The summed E-state index contributed by atoms with van der Waals surface area (Å²) in [4.78, 5) is 3.76. The number of benzene rings is 1. The number of hydrogen-bond acceptors (Lipinski definition) is 2. The number of nitrogens with zero attached hydrogens (tertiary/aromatic N) is 2. The van der Waals surface area contributed by atoms with Crippen molar-refractivity contribution in [3.8, 4) is 6.19 Å². The molecular weight excluding hydrogens is 233 g/mol. The Hall–Kier alpha value is -2.23. The Morgan fingerprint density at radius 3 is 2.41 bits per heavy atom. The molecule has 0 fully saturated rings. The maximum Gasteiger partial charge on any atom is 0.416 e. The van der Waals surface area contributed by atoms with Crippen molar-refractivity contribution in [3.63, 3.8) is 0 Å². The lowest BCUT2D eigenvalue weighted by Crippen LogP contribution is -2.27. The van der Waals surface area contributed by atoms with Gasteiger partial charge in [0, 0.05) is 0 Å². The normalized spacial score (nSPS) is 12.0. The average molecular weight is 242 g/mol. The average Bonchev–Trinajstić information content (AvgIpc) is 2.26. The Kier molecular flexibility index (Phi) is 3.93. The van der Waals surface area contributed by atoms with Crippen LogP contribution in [-0.4, -0.2) is 5.96 Å². The van der Waals surface area contributed by atoms with Crippen LogP contribution in [0.4, 0.5) is 13.2 Å². The number of aliphatic imine (C=N–C) groups is 1. The lowest BCUT2D eigenvalue weighted by molar-refractivity contribution is -0.137. The second-order valence-corrected chi connectivity index (χ2v) is 3.13. The van der Waals surface area contributed by atoms with Crippen LogP contribution in [-0.2, 0) is 12.7 Å². The lowest BCUT2D eigenvalue weighted by Gasteiger charge is -2.06. The zero-order valence-corrected chi connectivity index (χ0v) is 8.62. The number of hydrogen-bond donors (Lipinski definition) is 2. The molecule has 0 saturated heterocycles. The van der Waals surface area contributed by atoms with E-state index in [1.165, 1.54) is 12.1 Å². The molecule has 0 aromatic heterocycles. The van der Waals surface area contributed by atoms with Crippen molar-refractivity contribution in [2.24, 2.45) is 10.7 Å². The number of halogens is 3. The van der Waals surface area contributed by atoms with E-state index in [4.69, 9.17) is 11.0 Å². The lowest BCUT2D eigenvalue weighted by atomic mass is 10.1. The van der Waals surface area contributed by atoms with Crippen LogP contribution in [0.3, 0.4) is 0 Å². The highest BCUT2D eigenvalue weighted by molar-refractivity contribution is 5.79. The fourth-order valence-electron chi connectivity index (χ4n) is 1.07. The van der Waals surface area contributed by atoms with E-state index < -0.39 is 11.7 Å². The highest BCUT2D eigenvalue weighted by atomic mass is 19.4. The Morgan fingerprint density at radius 2 is 1.94 bits per heavy atom. The number of alkyl halides is 3. The molecule has 0 aliphatic carbocycles. The van der Waals surface area contributed by atoms with Gasteiger partial charge in [-0.25, -0.2) is 4.99 Å². The summed E-state index contributed by atoms with van der Waals surface area (Å²) in [5.74, 6) is -0.0765. The maximum atomic E-state index is 12.2. The third-order valence-electron chi connectivity index (χ3n) is 1.90. The Morgan fingerprint density at radius 1 is 1.35 bits per heavy atom. The predicted octanol–water partition coefficient (Wildman–Crippen LogP) is 1.59. The van der Waals surface area contributed by atoms with Crippen LogP contribution in [0, 0.1) is 11.5 Å². The fourth-order valence-corrected chi connectivity index (χ4v) is 1.07. The van der Waals surface area contributed by atoms with Crippen LogP contribution in [0.25, 0.3) is 0 Å². The molecular formula is C10H9F3N4. The van der Waals surface area contributed by atoms with E-state index in [1.54, 1.807) is 6.19 Å². The summed E-state index contributed by atoms with van der Waals surface area (Å²) in [5, 5.41) is 10.3. The van der Waals surface area contributed by atoms with Gasteiger partial charge in [0.05, 0.1) is 12.1 Å². The summed E-state index contributed by atoms with van der Waals surface area (Å²) < 4.78 is 36.7. The van der Waals surface area contributed by atoms with E-state index in [0.717, 1.165) is 12.1 Å². The standard InChI is InChI=1S/C10H9F3N4/c11-10(12,13)8-3-1-7(2-4-8)5-16-9(15)17-6-14/h1-4H,5H2,(H3,15,16,17). The molecule has 0 unspecified atom stereocenters. The highest BCUT2D eigenvalue weighted by Crippen LogP contribution is 2.29. The Balaban J connectivity index is 2.70. The zero-order chi connectivity index (χ0) is 12.9. The second-order valence-electron chi connectivity index (χ2n) is 3.13. The Labute approximate surface area is 95.6 Å². The van der Waals surface area contributed by atoms with E-state index in [9.17, 15) is 13.2 Å². The number of nitrogens with two attached hydrogens (primary N) is 1. The van der Waals surface area contributed by atoms with Crippen molar-refractivity contribution in [1.82, 2.24) is 5.32 Å². The van der Waals surface area contributed by atoms with Gasteiger partial charge in [-0.3, -0.25) is 5.32 Å². The molecule has 0 radical (unpaired) electrons. The molecule has 1 aromatic rings. The van der Waals surface area contributed by atoms with Crippen LogP contribution in [0.15, 0.2) is 29.3 Å². The quantitative estimate of drug-likeness (QED) is 0.358. The number of nitrogens with one attached hydrogen (secondary N) is 1. The SMILES string of the molecule is N#CNC(N)=NCc1ccc(C(F)(F)F)cc1. The molecule has 0 amide bonds. The summed E-state index contributed by atoms with van der Waals surface area (Å²) in [6.07, 6.45) is -2.77. The smallest absolute Gasteiger partial charge is 0.369 e. The second kappa shape index (κ2) is 5.21. The first-order valence-corrected chi connectivity index (χ1v) is 4.54. The van der Waals surface area contributed by atoms with Gasteiger partial charge in [-0.15, -0.1) is 0 Å². The minimum atomic E-state index is -4.34. The molecule has 0 heterocycles. The van der Waals surface area contributed by atoms with Gasteiger partial charge in [0.25, 0.3) is 0 Å². The summed E-state index contributed by atoms with van der Waals surface area (Å²) >= 11 is 0. The molecule has 17 heavy (non-hydrogen) atoms. The van der Waals surface area contributed by atoms with Gasteiger partial charge in [0.2, 0.25) is 5.96 Å². The topological polar surface area (TPSA) is 74.2 Å². The van der Waals surface area contributed by atoms with Gasteiger partial charge in [-0.1, -0.05) is 12.1 Å². The van der Waals surface area contributed by atoms with Gasteiger partial charge >= 0.3 is 6.18 Å². The minimum absolute atomic E-state index is 0.0765. The molecule has 90 valence electrons. The van der Waals surface area contributed by atoms with E-state index in [1.807, 2.05) is 0 Å². The van der Waals surface area contributed by atoms with Crippen LogP contribution in [0.5, 0.6) is 0 Å². The van der Waals surface area contributed by atoms with Crippen molar-refractivity contribution in [2.75, 3.05) is 0 Å². The van der Waals surface area contributed by atoms with Crippen LogP contribution < -0.4 is 11.1 Å². The molecule has 0 atom stereocenters. The first-order chi connectivity index (χ1) is 7.93. The molecule has 0 aliphatic heterocycles. The van der Waals surface area contributed by atoms with E-state index in [-0.39, 0.29) is 12.5 Å². The predicted molar refractivity (Wildman–Crippen MR) is 55.5 cm³/mol. The maximum absolute atomic E-state index is 12.2. The van der Waals surface area contributed by atoms with Crippen molar-refractivity contribution in [2.45, 2.75) is 12.7 Å². The van der Waals surface area contributed by atoms with Crippen molar-refractivity contribution < 1.29 is 13.2 Å². The molecule has 0 spiro atoms. The number of nitriles is 1. The summed E-state index contributed by atoms with van der Waals surface area (Å²) in [6, 6.07) is 4.56. The third-order valence-corrected chi connectivity index (χ3v) is 1.90. The van der Waals surface area contributed by atoms with Crippen molar-refractivity contribution >= 4 is 5.96 Å². The van der Waals surface area contributed by atoms with Gasteiger partial charge in [-0.05, 0) is 17.7 Å². The largest absolute Gasteiger partial charge is 0.416 e.